The summed E-state index contributed by atoms with van der Waals surface area (Å²) in [7, 11) is 5.73. The van der Waals surface area contributed by atoms with Crippen molar-refractivity contribution >= 4 is 71.8 Å². The molecule has 0 saturated carbocycles. The molecule has 0 spiro atoms. The Bertz CT molecular complexity index is 4170. The third kappa shape index (κ3) is 24.2. The lowest BCUT2D eigenvalue weighted by Gasteiger charge is -2.12. The van der Waals surface area contributed by atoms with Crippen molar-refractivity contribution in [2.45, 2.75) is 62.7 Å². The average Bonchev–Trinajstić information content (AvgIpc) is 1.62. The van der Waals surface area contributed by atoms with Gasteiger partial charge in [0, 0.05) is 23.6 Å². The van der Waals surface area contributed by atoms with E-state index in [1.165, 1.54) is 63.8 Å². The van der Waals surface area contributed by atoms with E-state index in [0.29, 0.717) is 36.8 Å². The van der Waals surface area contributed by atoms with E-state index < -0.39 is 30.1 Å². The van der Waals surface area contributed by atoms with Gasteiger partial charge >= 0.3 is 0 Å². The molecule has 4 amide bonds. The molecule has 10 rings (SSSR count). The second-order valence-electron chi connectivity index (χ2n) is 22.5. The highest BCUT2D eigenvalue weighted by Crippen LogP contribution is 2.38. The molecular formula is C78H84N12O10. The Morgan fingerprint density at radius 2 is 0.690 bits per heavy atom. The highest BCUT2D eigenvalue weighted by molar-refractivity contribution is 5.90. The maximum Gasteiger partial charge on any atom is 0.257 e. The first-order valence-electron chi connectivity index (χ1n) is 31.9. The van der Waals surface area contributed by atoms with Gasteiger partial charge in [0.25, 0.3) is 23.6 Å². The molecular weight excluding hydrogens is 1260 g/mol. The third-order valence-corrected chi connectivity index (χ3v) is 15.3. The van der Waals surface area contributed by atoms with Gasteiger partial charge in [-0.2, -0.15) is 20.4 Å². The highest BCUT2D eigenvalue weighted by Gasteiger charge is 2.22. The van der Waals surface area contributed by atoms with Crippen molar-refractivity contribution in [2.75, 3.05) is 28.4 Å². The van der Waals surface area contributed by atoms with E-state index in [0.717, 1.165) is 51.8 Å². The number of benzene rings is 8. The number of phenols is 2. The van der Waals surface area contributed by atoms with Crippen LogP contribution in [-0.4, -0.2) is 111 Å². The molecule has 0 aromatic heterocycles. The largest absolute Gasteiger partial charge is 0.502 e. The van der Waals surface area contributed by atoms with Crippen LogP contribution in [0.5, 0.6) is 34.5 Å². The van der Waals surface area contributed by atoms with E-state index in [4.69, 9.17) is 41.9 Å². The summed E-state index contributed by atoms with van der Waals surface area (Å²) in [4.78, 5) is 48.1. The molecule has 0 saturated heterocycles. The van der Waals surface area contributed by atoms with Gasteiger partial charge in [0.05, 0.1) is 65.0 Å². The van der Waals surface area contributed by atoms with Gasteiger partial charge in [0.15, 0.2) is 23.0 Å². The van der Waals surface area contributed by atoms with E-state index in [1.54, 1.807) is 42.6 Å². The standard InChI is InChI=1S/C21H23N3O4.C21H21N3O.C18H21N3O4.C18H19N3O/c1-27-18-9-13(10-19(28-2)20(18)25)12-23-24-21(26)17(22)11-15-8-7-14-5-3-4-6-16(14)15;22-20(15-18-13-12-17-10-4-5-11-19(17)18)21(25)24-23-14-6-9-16-7-2-1-3-8-16;1-24-15-9-13(10-16(25-2)17(15)22)11-20-21-18(23)14(19)8-12-6-4-3-5-7-12;19-17(14-16-10-5-2-6-11-16)18(22)21-20-13-7-12-15-8-3-1-4-9-15/h3-6,8-10,12,17,25H,7,11,22H2,1-2H3,(H,24,26);1-11,13-14,20H,12,15,22H2,(H,24,25);3-7,9-11,14,22H,8,19H2,1-2H3,(H,21,23);1-13,17H,14,19H2,(H,21,22)/b23-12+;9-6+,23-14+;20-11+;12-7+,20-13+. The first-order chi connectivity index (χ1) is 48.6. The van der Waals surface area contributed by atoms with Crippen LogP contribution in [-0.2, 0) is 44.9 Å². The predicted molar refractivity (Wildman–Crippen MR) is 396 cm³/mol. The highest BCUT2D eigenvalue weighted by atomic mass is 16.5. The van der Waals surface area contributed by atoms with Crippen LogP contribution in [0.2, 0.25) is 0 Å². The minimum atomic E-state index is -0.710. The lowest BCUT2D eigenvalue weighted by Crippen LogP contribution is -2.39. The van der Waals surface area contributed by atoms with E-state index in [1.807, 2.05) is 164 Å². The summed E-state index contributed by atoms with van der Waals surface area (Å²) in [6, 6.07) is 58.9. The molecule has 22 nitrogen and oxygen atoms in total. The number of nitrogens with two attached hydrogens (primary N) is 4. The van der Waals surface area contributed by atoms with Crippen molar-refractivity contribution in [3.8, 4) is 34.5 Å². The molecule has 8 aromatic carbocycles. The van der Waals surface area contributed by atoms with E-state index in [9.17, 15) is 29.4 Å². The van der Waals surface area contributed by atoms with Crippen molar-refractivity contribution in [1.82, 2.24) is 21.7 Å². The molecule has 22 heteroatoms. The number of fused-ring (bicyclic) bond motifs is 2. The van der Waals surface area contributed by atoms with Crippen LogP contribution in [0.15, 0.2) is 239 Å². The van der Waals surface area contributed by atoms with Gasteiger partial charge in [-0.15, -0.1) is 0 Å². The summed E-state index contributed by atoms with van der Waals surface area (Å²) in [5, 5.41) is 35.4. The fourth-order valence-corrected chi connectivity index (χ4v) is 10.1. The molecule has 0 aliphatic heterocycles. The molecule has 8 aromatic rings. The summed E-state index contributed by atoms with van der Waals surface area (Å²) in [6.45, 7) is 0. The van der Waals surface area contributed by atoms with Crippen LogP contribution in [0.25, 0.3) is 23.3 Å². The molecule has 2 aliphatic rings. The Kier molecular flexibility index (Phi) is 30.5. The van der Waals surface area contributed by atoms with Crippen LogP contribution in [0.1, 0.15) is 68.5 Å². The lowest BCUT2D eigenvalue weighted by molar-refractivity contribution is -0.123. The fraction of sp³-hybridized carbons (Fsp3) is 0.179. The zero-order valence-electron chi connectivity index (χ0n) is 56.1. The predicted octanol–water partition coefficient (Wildman–Crippen LogP) is 9.18. The Labute approximate surface area is 582 Å². The number of nitrogens with zero attached hydrogens (tertiary/aromatic N) is 4. The Morgan fingerprint density at radius 3 is 1.02 bits per heavy atom. The van der Waals surface area contributed by atoms with Crippen molar-refractivity contribution in [3.05, 3.63) is 274 Å². The Morgan fingerprint density at radius 1 is 0.400 bits per heavy atom. The van der Waals surface area contributed by atoms with Crippen LogP contribution >= 0.6 is 0 Å². The van der Waals surface area contributed by atoms with Crippen LogP contribution in [0, 0.1) is 0 Å². The van der Waals surface area contributed by atoms with E-state index >= 15 is 0 Å². The zero-order valence-corrected chi connectivity index (χ0v) is 56.1. The molecule has 0 bridgehead atoms. The maximum absolute atomic E-state index is 12.3. The molecule has 100 heavy (non-hydrogen) atoms. The second kappa shape index (κ2) is 40.5. The SMILES string of the molecule is COc1cc(/C=N/NC(=O)C(N)CC2=CCc3ccccc32)cc(OC)c1O.COc1cc(/C=N/NC(=O)C(N)Cc2ccccc2)cc(OC)c1O.NC(CC1=CCc2ccccc21)C(=O)N/N=C/C=C/c1ccccc1.NC(Cc1ccccc1)C(=O)N/N=C/C=C/c1ccccc1. The van der Waals surface area contributed by atoms with E-state index in [-0.39, 0.29) is 52.2 Å². The van der Waals surface area contributed by atoms with Crippen LogP contribution in [0.4, 0.5) is 0 Å². The first kappa shape index (κ1) is 75.3. The van der Waals surface area contributed by atoms with Gasteiger partial charge in [0.2, 0.25) is 11.5 Å². The quantitative estimate of drug-likeness (QED) is 0.0178. The summed E-state index contributed by atoms with van der Waals surface area (Å²) in [5.74, 6) is -0.568. The zero-order chi connectivity index (χ0) is 71.4. The van der Waals surface area contributed by atoms with E-state index in [2.05, 4.69) is 72.5 Å². The molecule has 4 atom stereocenters. The molecule has 516 valence electrons. The number of ether oxygens (including phenoxy) is 4. The van der Waals surface area contributed by atoms with Crippen molar-refractivity contribution in [2.24, 2.45) is 43.3 Å². The van der Waals surface area contributed by atoms with Crippen molar-refractivity contribution in [1.29, 1.82) is 0 Å². The molecule has 0 heterocycles. The lowest BCUT2D eigenvalue weighted by atomic mass is 10.00. The number of aromatic hydroxyl groups is 2. The molecule has 0 fully saturated rings. The van der Waals surface area contributed by atoms with Gasteiger partial charge in [0.1, 0.15) is 0 Å². The van der Waals surface area contributed by atoms with Gasteiger partial charge < -0.3 is 52.1 Å². The minimum Gasteiger partial charge on any atom is -0.502 e. The first-order valence-corrected chi connectivity index (χ1v) is 31.9. The number of allylic oxidation sites excluding steroid dienone is 4. The van der Waals surface area contributed by atoms with Crippen LogP contribution < -0.4 is 63.6 Å². The van der Waals surface area contributed by atoms with Gasteiger partial charge in [-0.3, -0.25) is 19.2 Å². The number of rotatable bonds is 26. The third-order valence-electron chi connectivity index (χ3n) is 15.3. The summed E-state index contributed by atoms with van der Waals surface area (Å²) < 4.78 is 20.3. The smallest absolute Gasteiger partial charge is 0.257 e. The molecule has 0 radical (unpaired) electrons. The topological polar surface area (TPSA) is 347 Å². The number of hydrogen-bond donors (Lipinski definition) is 10. The molecule has 2 aliphatic carbocycles. The Hall–Kier alpha value is -12.1. The van der Waals surface area contributed by atoms with Crippen molar-refractivity contribution < 1.29 is 48.3 Å². The normalized spacial score (nSPS) is 13.2. The van der Waals surface area contributed by atoms with Crippen molar-refractivity contribution in [3.63, 3.8) is 0 Å². The average molecular weight is 1350 g/mol. The number of carbonyl (C=O) groups excluding carboxylic acids is 4. The molecule has 14 N–H and O–H groups in total. The minimum absolute atomic E-state index is 0.0988. The summed E-state index contributed by atoms with van der Waals surface area (Å²) in [5.41, 5.74) is 46.0. The van der Waals surface area contributed by atoms with Gasteiger partial charge in [-0.05, 0) is 131 Å². The molecule has 4 unspecified atom stereocenters. The summed E-state index contributed by atoms with van der Waals surface area (Å²) >= 11 is 0. The number of carbonyl (C=O) groups is 4. The van der Waals surface area contributed by atoms with Gasteiger partial charge in [-0.1, -0.05) is 194 Å². The number of phenolic OH excluding ortho intramolecular Hbond substituents is 2. The van der Waals surface area contributed by atoms with Gasteiger partial charge in [-0.25, -0.2) is 21.7 Å². The second-order valence-corrected chi connectivity index (χ2v) is 22.5. The number of methoxy groups -OCH3 is 4. The summed E-state index contributed by atoms with van der Waals surface area (Å²) in [6.07, 6.45) is 21.1. The maximum atomic E-state index is 12.3. The monoisotopic (exact) mass is 1350 g/mol. The number of hydrazone groups is 4. The number of nitrogens with one attached hydrogen (secondary N) is 4. The Balaban J connectivity index is 0.000000188. The number of hydrogen-bond acceptors (Lipinski definition) is 18. The van der Waals surface area contributed by atoms with Crippen LogP contribution in [0.3, 0.4) is 0 Å². The fourth-order valence-electron chi connectivity index (χ4n) is 10.1. The number of amides is 4.